The highest BCUT2D eigenvalue weighted by atomic mass is 32.1. The molecule has 0 aliphatic heterocycles. The first kappa shape index (κ1) is 16.9. The van der Waals surface area contributed by atoms with Crippen molar-refractivity contribution in [1.29, 1.82) is 0 Å². The normalized spacial score (nSPS) is 33.1. The summed E-state index contributed by atoms with van der Waals surface area (Å²) in [6.45, 7) is 0. The number of carbonyl (C=O) groups is 1. The van der Waals surface area contributed by atoms with Gasteiger partial charge in [-0.15, -0.1) is 11.3 Å². The average Bonchev–Trinajstić information content (AvgIpc) is 3.29. The van der Waals surface area contributed by atoms with Gasteiger partial charge in [0.25, 0.3) is 0 Å². The van der Waals surface area contributed by atoms with E-state index in [1.54, 1.807) is 11.3 Å². The molecule has 2 aromatic rings. The average molecular weight is 373 g/mol. The number of fused-ring (bicyclic) bond motifs is 2. The van der Waals surface area contributed by atoms with E-state index in [2.05, 4.69) is 9.38 Å². The molecule has 5 heteroatoms. The first-order chi connectivity index (χ1) is 12.8. The summed E-state index contributed by atoms with van der Waals surface area (Å²) in [6.07, 6.45) is 15.1. The van der Waals surface area contributed by atoms with Gasteiger partial charge in [0.05, 0.1) is 18.0 Å². The molecule has 0 radical (unpaired) electrons. The topological polar surface area (TPSA) is 54.6 Å². The zero-order valence-corrected chi connectivity index (χ0v) is 16.0. The molecule has 5 rings (SSSR count). The second kappa shape index (κ2) is 6.75. The first-order valence-corrected chi connectivity index (χ1v) is 11.2. The van der Waals surface area contributed by atoms with Crippen LogP contribution in [0.25, 0.3) is 4.83 Å². The van der Waals surface area contributed by atoms with Crippen LogP contribution < -0.4 is 0 Å². The number of nitrogens with zero attached hydrogens (tertiary/aromatic N) is 2. The zero-order valence-electron chi connectivity index (χ0n) is 15.2. The van der Waals surface area contributed by atoms with Gasteiger partial charge >= 0.3 is 0 Å². The Morgan fingerprint density at radius 1 is 1.23 bits per heavy atom. The van der Waals surface area contributed by atoms with Gasteiger partial charge in [-0.05, 0) is 62.2 Å². The molecule has 3 aliphatic rings. The second-order valence-electron chi connectivity index (χ2n) is 8.74. The van der Waals surface area contributed by atoms with E-state index < -0.39 is 6.10 Å². The summed E-state index contributed by atoms with van der Waals surface area (Å²) in [7, 11) is 0. The highest BCUT2D eigenvalue weighted by Crippen LogP contribution is 2.50. The number of aromatic nitrogens is 2. The predicted octanol–water partition coefficient (Wildman–Crippen LogP) is 4.73. The van der Waals surface area contributed by atoms with Crippen molar-refractivity contribution >= 4 is 22.5 Å². The largest absolute Gasteiger partial charge is 0.387 e. The molecule has 3 saturated carbocycles. The molecule has 2 aromatic heterocycles. The molecular formula is C21H28N2O2S. The van der Waals surface area contributed by atoms with E-state index in [9.17, 15) is 9.90 Å². The molecule has 4 nitrogen and oxygen atoms in total. The van der Waals surface area contributed by atoms with Crippen molar-refractivity contribution in [2.75, 3.05) is 0 Å². The van der Waals surface area contributed by atoms with Crippen molar-refractivity contribution < 1.29 is 9.90 Å². The van der Waals surface area contributed by atoms with Crippen molar-refractivity contribution in [1.82, 2.24) is 9.38 Å². The zero-order chi connectivity index (χ0) is 17.7. The molecule has 3 fully saturated rings. The summed E-state index contributed by atoms with van der Waals surface area (Å²) in [5.41, 5.74) is 1.06. The van der Waals surface area contributed by atoms with Crippen LogP contribution in [0.15, 0.2) is 12.5 Å². The molecule has 5 atom stereocenters. The lowest BCUT2D eigenvalue weighted by atomic mass is 9.61. The molecule has 0 spiro atoms. The Hall–Kier alpha value is -1.20. The summed E-state index contributed by atoms with van der Waals surface area (Å²) in [6, 6.07) is 0. The van der Waals surface area contributed by atoms with Gasteiger partial charge in [0, 0.05) is 10.8 Å². The van der Waals surface area contributed by atoms with Crippen molar-refractivity contribution in [2.24, 2.45) is 23.7 Å². The van der Waals surface area contributed by atoms with Gasteiger partial charge in [-0.1, -0.05) is 19.3 Å². The van der Waals surface area contributed by atoms with Crippen LogP contribution in [0.3, 0.4) is 0 Å². The van der Waals surface area contributed by atoms with Gasteiger partial charge in [-0.3, -0.25) is 4.40 Å². The number of hydrogen-bond acceptors (Lipinski definition) is 4. The number of rotatable bonds is 5. The van der Waals surface area contributed by atoms with Gasteiger partial charge in [0.15, 0.2) is 0 Å². The summed E-state index contributed by atoms with van der Waals surface area (Å²) < 4.78 is 2.09. The molecular weight excluding hydrogens is 344 g/mol. The fraction of sp³-hybridized carbons (Fsp3) is 0.714. The first-order valence-electron chi connectivity index (χ1n) is 10.3. The maximum Gasteiger partial charge on any atom is 0.123 e. The lowest BCUT2D eigenvalue weighted by Gasteiger charge is -2.44. The van der Waals surface area contributed by atoms with Crippen LogP contribution >= 0.6 is 11.3 Å². The maximum atomic E-state index is 12.0. The monoisotopic (exact) mass is 372 g/mol. The quantitative estimate of drug-likeness (QED) is 0.772. The van der Waals surface area contributed by atoms with E-state index in [1.165, 1.54) is 56.1 Å². The van der Waals surface area contributed by atoms with Crippen LogP contribution in [-0.4, -0.2) is 20.8 Å². The fourth-order valence-electron chi connectivity index (χ4n) is 5.74. The SMILES string of the molecule is O=CC1C(CC(O)c2c(C3CC3)sc3cncn23)CCC2CCCCC21. The summed E-state index contributed by atoms with van der Waals surface area (Å²) >= 11 is 1.79. The minimum Gasteiger partial charge on any atom is -0.387 e. The maximum absolute atomic E-state index is 12.0. The Morgan fingerprint density at radius 3 is 2.88 bits per heavy atom. The molecule has 0 bridgehead atoms. The highest BCUT2D eigenvalue weighted by molar-refractivity contribution is 7.17. The Morgan fingerprint density at radius 2 is 2.08 bits per heavy atom. The van der Waals surface area contributed by atoms with Crippen molar-refractivity contribution in [3.63, 3.8) is 0 Å². The van der Waals surface area contributed by atoms with Gasteiger partial charge in [-0.2, -0.15) is 0 Å². The van der Waals surface area contributed by atoms with E-state index in [0.717, 1.165) is 29.3 Å². The van der Waals surface area contributed by atoms with Crippen molar-refractivity contribution in [2.45, 2.75) is 69.8 Å². The standard InChI is InChI=1S/C21H28N2O2S/c24-11-17-15(8-5-13-3-1-2-4-16(13)17)9-18(25)20-21(14-6-7-14)26-19-10-22-12-23(19)20/h10-18,25H,1-9H2. The Labute approximate surface area is 158 Å². The molecule has 0 aromatic carbocycles. The number of aldehydes is 1. The van der Waals surface area contributed by atoms with Gasteiger partial charge in [-0.25, -0.2) is 4.98 Å². The van der Waals surface area contributed by atoms with Crippen molar-refractivity contribution in [3.05, 3.63) is 23.1 Å². The van der Waals surface area contributed by atoms with Crippen LogP contribution in [0.5, 0.6) is 0 Å². The van der Waals surface area contributed by atoms with Crippen LogP contribution in [0.4, 0.5) is 0 Å². The summed E-state index contributed by atoms with van der Waals surface area (Å²) in [4.78, 5) is 18.7. The number of carbonyl (C=O) groups excluding carboxylic acids is 1. The lowest BCUT2D eigenvalue weighted by molar-refractivity contribution is -0.118. The molecule has 26 heavy (non-hydrogen) atoms. The highest BCUT2D eigenvalue weighted by Gasteiger charge is 2.41. The van der Waals surface area contributed by atoms with Gasteiger partial charge in [0.2, 0.25) is 0 Å². The van der Waals surface area contributed by atoms with E-state index in [4.69, 9.17) is 0 Å². The molecule has 140 valence electrons. The molecule has 5 unspecified atom stereocenters. The minimum absolute atomic E-state index is 0.144. The molecule has 1 N–H and O–H groups in total. The minimum atomic E-state index is -0.485. The van der Waals surface area contributed by atoms with Gasteiger partial charge < -0.3 is 9.90 Å². The lowest BCUT2D eigenvalue weighted by Crippen LogP contribution is -2.38. The third kappa shape index (κ3) is 2.84. The Bertz CT molecular complexity index is 793. The third-order valence-electron chi connectivity index (χ3n) is 7.19. The number of aliphatic hydroxyl groups excluding tert-OH is 1. The third-order valence-corrected chi connectivity index (χ3v) is 8.47. The summed E-state index contributed by atoms with van der Waals surface area (Å²) in [5, 5.41) is 11.2. The molecule has 0 amide bonds. The fourth-order valence-corrected chi connectivity index (χ4v) is 7.07. The molecule has 2 heterocycles. The molecule has 3 aliphatic carbocycles. The van der Waals surface area contributed by atoms with Gasteiger partial charge in [0.1, 0.15) is 17.4 Å². The van der Waals surface area contributed by atoms with E-state index in [0.29, 0.717) is 17.8 Å². The van der Waals surface area contributed by atoms with Crippen LogP contribution in [0, 0.1) is 23.7 Å². The van der Waals surface area contributed by atoms with Crippen LogP contribution in [-0.2, 0) is 4.79 Å². The van der Waals surface area contributed by atoms with E-state index >= 15 is 0 Å². The molecule has 0 saturated heterocycles. The number of thiazole rings is 1. The predicted molar refractivity (Wildman–Crippen MR) is 102 cm³/mol. The Kier molecular flexibility index (Phi) is 4.40. The van der Waals surface area contributed by atoms with Crippen LogP contribution in [0.2, 0.25) is 0 Å². The van der Waals surface area contributed by atoms with Crippen molar-refractivity contribution in [3.8, 4) is 0 Å². The van der Waals surface area contributed by atoms with E-state index in [-0.39, 0.29) is 5.92 Å². The van der Waals surface area contributed by atoms with E-state index in [1.807, 2.05) is 12.5 Å². The second-order valence-corrected chi connectivity index (χ2v) is 9.80. The Balaban J connectivity index is 1.39. The number of hydrogen-bond donors (Lipinski definition) is 1. The number of aliphatic hydroxyl groups is 1. The number of imidazole rings is 1. The van der Waals surface area contributed by atoms with Crippen LogP contribution in [0.1, 0.15) is 80.4 Å². The summed E-state index contributed by atoms with van der Waals surface area (Å²) in [5.74, 6) is 2.40. The smallest absolute Gasteiger partial charge is 0.123 e.